The predicted octanol–water partition coefficient (Wildman–Crippen LogP) is 2.69. The average molecular weight is 302 g/mol. The quantitative estimate of drug-likeness (QED) is 0.637. The highest BCUT2D eigenvalue weighted by Gasteiger charge is 2.33. The summed E-state index contributed by atoms with van der Waals surface area (Å²) in [7, 11) is 0. The topological polar surface area (TPSA) is 53.6 Å². The van der Waals surface area contributed by atoms with E-state index in [0.29, 0.717) is 25.5 Å². The number of alkyl halides is 3. The summed E-state index contributed by atoms with van der Waals surface area (Å²) in [5.41, 5.74) is -0.909. The molecule has 114 valence electrons. The van der Waals surface area contributed by atoms with Crippen molar-refractivity contribution in [3.8, 4) is 0 Å². The molecule has 0 aliphatic carbocycles. The van der Waals surface area contributed by atoms with Crippen molar-refractivity contribution in [2.45, 2.75) is 25.6 Å². The molecule has 8 heteroatoms. The van der Waals surface area contributed by atoms with Crippen LogP contribution in [0.1, 0.15) is 23.4 Å². The molecular weight excluding hydrogens is 288 g/mol. The molecule has 4 nitrogen and oxygen atoms in total. The van der Waals surface area contributed by atoms with Gasteiger partial charge in [0.1, 0.15) is 18.0 Å². The van der Waals surface area contributed by atoms with Gasteiger partial charge in [0.2, 0.25) is 0 Å². The van der Waals surface area contributed by atoms with Crippen molar-refractivity contribution in [1.82, 2.24) is 20.5 Å². The molecule has 0 atom stereocenters. The number of hydrogen-bond acceptors (Lipinski definition) is 3. The van der Waals surface area contributed by atoms with Crippen molar-refractivity contribution in [2.75, 3.05) is 6.54 Å². The summed E-state index contributed by atoms with van der Waals surface area (Å²) in [6, 6.07) is 2.70. The molecule has 1 aromatic heterocycles. The Balaban J connectivity index is 1.85. The van der Waals surface area contributed by atoms with Crippen LogP contribution in [0.15, 0.2) is 24.5 Å². The van der Waals surface area contributed by atoms with Gasteiger partial charge in [-0.2, -0.15) is 18.3 Å². The number of nitrogens with zero attached hydrogens (tertiary/aromatic N) is 2. The van der Waals surface area contributed by atoms with Gasteiger partial charge in [-0.1, -0.05) is 6.07 Å². The van der Waals surface area contributed by atoms with E-state index >= 15 is 0 Å². The van der Waals surface area contributed by atoms with Crippen molar-refractivity contribution in [3.63, 3.8) is 0 Å². The van der Waals surface area contributed by atoms with Gasteiger partial charge < -0.3 is 5.32 Å². The molecular formula is C13H14F4N4. The first-order valence-corrected chi connectivity index (χ1v) is 6.37. The first-order chi connectivity index (χ1) is 9.97. The molecule has 0 aliphatic rings. The Morgan fingerprint density at radius 1 is 1.24 bits per heavy atom. The zero-order chi connectivity index (χ0) is 15.3. The van der Waals surface area contributed by atoms with E-state index in [1.54, 1.807) is 0 Å². The summed E-state index contributed by atoms with van der Waals surface area (Å²) in [6.07, 6.45) is -1.80. The van der Waals surface area contributed by atoms with Crippen LogP contribution in [0.4, 0.5) is 17.6 Å². The maximum absolute atomic E-state index is 12.9. The second-order valence-electron chi connectivity index (χ2n) is 4.51. The number of H-pyrrole nitrogens is 1. The minimum absolute atomic E-state index is 0.0311. The van der Waals surface area contributed by atoms with Gasteiger partial charge in [-0.3, -0.25) is 5.10 Å². The largest absolute Gasteiger partial charge is 0.416 e. The maximum Gasteiger partial charge on any atom is 0.416 e. The standard InChI is InChI=1S/C13H14F4N4/c14-10-4-3-9(11(6-10)13(15,16)17)7-18-5-1-2-12-19-8-20-21-12/h3-4,6,8,18H,1-2,5,7H2,(H,19,20,21). The zero-order valence-corrected chi connectivity index (χ0v) is 11.0. The highest BCUT2D eigenvalue weighted by atomic mass is 19.4. The van der Waals surface area contributed by atoms with Gasteiger partial charge in [0.05, 0.1) is 5.56 Å². The van der Waals surface area contributed by atoms with Gasteiger partial charge in [0, 0.05) is 13.0 Å². The van der Waals surface area contributed by atoms with E-state index < -0.39 is 17.6 Å². The van der Waals surface area contributed by atoms with Crippen LogP contribution in [-0.2, 0) is 19.1 Å². The predicted molar refractivity (Wildman–Crippen MR) is 67.8 cm³/mol. The lowest BCUT2D eigenvalue weighted by Gasteiger charge is -2.13. The number of nitrogens with one attached hydrogen (secondary N) is 2. The molecule has 0 saturated heterocycles. The molecule has 0 unspecified atom stereocenters. The zero-order valence-electron chi connectivity index (χ0n) is 11.0. The fourth-order valence-corrected chi connectivity index (χ4v) is 1.92. The molecule has 21 heavy (non-hydrogen) atoms. The number of rotatable bonds is 6. The van der Waals surface area contributed by atoms with Crippen LogP contribution in [0.3, 0.4) is 0 Å². The molecule has 0 saturated carbocycles. The molecule has 0 fully saturated rings. The lowest BCUT2D eigenvalue weighted by atomic mass is 10.1. The maximum atomic E-state index is 12.9. The third-order valence-electron chi connectivity index (χ3n) is 2.92. The molecule has 0 radical (unpaired) electrons. The van der Waals surface area contributed by atoms with Crippen LogP contribution in [-0.4, -0.2) is 21.7 Å². The van der Waals surface area contributed by atoms with Crippen LogP contribution < -0.4 is 5.32 Å². The van der Waals surface area contributed by atoms with Gasteiger partial charge in [-0.15, -0.1) is 0 Å². The monoisotopic (exact) mass is 302 g/mol. The Morgan fingerprint density at radius 2 is 2.05 bits per heavy atom. The molecule has 0 amide bonds. The van der Waals surface area contributed by atoms with E-state index in [0.717, 1.165) is 18.0 Å². The van der Waals surface area contributed by atoms with Crippen LogP contribution in [0, 0.1) is 5.82 Å². The highest BCUT2D eigenvalue weighted by molar-refractivity contribution is 5.30. The van der Waals surface area contributed by atoms with Crippen LogP contribution in [0.2, 0.25) is 0 Å². The Bertz CT molecular complexity index is 566. The number of benzene rings is 1. The Kier molecular flexibility index (Phi) is 4.89. The Morgan fingerprint density at radius 3 is 2.71 bits per heavy atom. The first-order valence-electron chi connectivity index (χ1n) is 6.37. The third kappa shape index (κ3) is 4.52. The van der Waals surface area contributed by atoms with E-state index in [1.165, 1.54) is 6.33 Å². The molecule has 2 aromatic rings. The van der Waals surface area contributed by atoms with Gasteiger partial charge in [0.15, 0.2) is 0 Å². The molecule has 1 aromatic carbocycles. The number of hydrogen-bond donors (Lipinski definition) is 2. The minimum atomic E-state index is -4.56. The Hall–Kier alpha value is -1.96. The van der Waals surface area contributed by atoms with Crippen LogP contribution in [0.5, 0.6) is 0 Å². The molecule has 1 heterocycles. The normalized spacial score (nSPS) is 11.8. The fraction of sp³-hybridized carbons (Fsp3) is 0.385. The summed E-state index contributed by atoms with van der Waals surface area (Å²) >= 11 is 0. The van der Waals surface area contributed by atoms with Gasteiger partial charge >= 0.3 is 6.18 Å². The van der Waals surface area contributed by atoms with Gasteiger partial charge in [-0.25, -0.2) is 9.37 Å². The molecule has 0 spiro atoms. The average Bonchev–Trinajstić information content (AvgIpc) is 2.92. The number of halogens is 4. The third-order valence-corrected chi connectivity index (χ3v) is 2.92. The van der Waals surface area contributed by atoms with Crippen molar-refractivity contribution < 1.29 is 17.6 Å². The Labute approximate surface area is 118 Å². The summed E-state index contributed by atoms with van der Waals surface area (Å²) in [5.74, 6) is -0.161. The number of aromatic amines is 1. The number of aromatic nitrogens is 3. The molecule has 2 rings (SSSR count). The smallest absolute Gasteiger partial charge is 0.313 e. The van der Waals surface area contributed by atoms with E-state index in [9.17, 15) is 17.6 Å². The van der Waals surface area contributed by atoms with Gasteiger partial charge in [-0.05, 0) is 30.7 Å². The van der Waals surface area contributed by atoms with Crippen LogP contribution >= 0.6 is 0 Å². The fourth-order valence-electron chi connectivity index (χ4n) is 1.92. The summed E-state index contributed by atoms with van der Waals surface area (Å²) < 4.78 is 51.3. The minimum Gasteiger partial charge on any atom is -0.313 e. The van der Waals surface area contributed by atoms with E-state index in [-0.39, 0.29) is 12.1 Å². The molecule has 0 aliphatic heterocycles. The van der Waals surface area contributed by atoms with E-state index in [1.807, 2.05) is 0 Å². The highest BCUT2D eigenvalue weighted by Crippen LogP contribution is 2.32. The van der Waals surface area contributed by atoms with Crippen LogP contribution in [0.25, 0.3) is 0 Å². The van der Waals surface area contributed by atoms with Crippen molar-refractivity contribution in [3.05, 3.63) is 47.3 Å². The molecule has 2 N–H and O–H groups in total. The second kappa shape index (κ2) is 6.66. The van der Waals surface area contributed by atoms with Crippen molar-refractivity contribution in [1.29, 1.82) is 0 Å². The lowest BCUT2D eigenvalue weighted by molar-refractivity contribution is -0.138. The van der Waals surface area contributed by atoms with Crippen molar-refractivity contribution >= 4 is 0 Å². The second-order valence-corrected chi connectivity index (χ2v) is 4.51. The summed E-state index contributed by atoms with van der Waals surface area (Å²) in [6.45, 7) is 0.556. The summed E-state index contributed by atoms with van der Waals surface area (Å²) in [5, 5.41) is 9.31. The number of aryl methyl sites for hydroxylation is 1. The van der Waals surface area contributed by atoms with E-state index in [2.05, 4.69) is 20.5 Å². The lowest BCUT2D eigenvalue weighted by Crippen LogP contribution is -2.19. The van der Waals surface area contributed by atoms with E-state index in [4.69, 9.17) is 0 Å². The molecule has 0 bridgehead atoms. The van der Waals surface area contributed by atoms with Crippen molar-refractivity contribution in [2.24, 2.45) is 0 Å². The first kappa shape index (κ1) is 15.4. The summed E-state index contributed by atoms with van der Waals surface area (Å²) in [4.78, 5) is 3.94. The van der Waals surface area contributed by atoms with Gasteiger partial charge in [0.25, 0.3) is 0 Å². The SMILES string of the molecule is Fc1ccc(CNCCCc2ncn[nH]2)c(C(F)(F)F)c1.